The summed E-state index contributed by atoms with van der Waals surface area (Å²) in [5.74, 6) is 1.86. The van der Waals surface area contributed by atoms with Crippen LogP contribution in [0, 0.1) is 0 Å². The summed E-state index contributed by atoms with van der Waals surface area (Å²) < 4.78 is 0. The van der Waals surface area contributed by atoms with Crippen molar-refractivity contribution in [3.8, 4) is 0 Å². The Kier molecular flexibility index (Phi) is 4.96. The summed E-state index contributed by atoms with van der Waals surface area (Å²) in [5, 5.41) is 16.2. The van der Waals surface area contributed by atoms with Crippen molar-refractivity contribution in [2.75, 3.05) is 17.7 Å². The van der Waals surface area contributed by atoms with Crippen molar-refractivity contribution in [1.82, 2.24) is 9.97 Å². The Hall–Kier alpha value is -1.36. The summed E-state index contributed by atoms with van der Waals surface area (Å²) >= 11 is 0. The molecule has 3 N–H and O–H groups in total. The zero-order valence-electron chi connectivity index (χ0n) is 11.8. The van der Waals surface area contributed by atoms with E-state index in [4.69, 9.17) is 0 Å². The van der Waals surface area contributed by atoms with Crippen LogP contribution in [0.25, 0.3) is 0 Å². The molecule has 0 aliphatic heterocycles. The molecule has 0 spiro atoms. The average Bonchev–Trinajstić information content (AvgIpc) is 2.43. The maximum absolute atomic E-state index is 9.55. The van der Waals surface area contributed by atoms with Gasteiger partial charge in [0.15, 0.2) is 0 Å². The molecule has 1 fully saturated rings. The van der Waals surface area contributed by atoms with Gasteiger partial charge in [-0.15, -0.1) is 0 Å². The molecule has 1 aliphatic rings. The highest BCUT2D eigenvalue weighted by Gasteiger charge is 2.21. The van der Waals surface area contributed by atoms with Crippen molar-refractivity contribution < 1.29 is 5.11 Å². The third kappa shape index (κ3) is 3.56. The number of nitrogens with one attached hydrogen (secondary N) is 2. The lowest BCUT2D eigenvalue weighted by Gasteiger charge is -2.27. The molecule has 0 unspecified atom stereocenters. The number of nitrogens with zero attached hydrogens (tertiary/aromatic N) is 2. The van der Waals surface area contributed by atoms with E-state index in [1.807, 2.05) is 7.05 Å². The van der Waals surface area contributed by atoms with Crippen LogP contribution in [0.2, 0.25) is 0 Å². The van der Waals surface area contributed by atoms with Crippen LogP contribution in [0.4, 0.5) is 11.6 Å². The van der Waals surface area contributed by atoms with E-state index in [2.05, 4.69) is 27.5 Å². The molecular weight excluding hydrogens is 240 g/mol. The summed E-state index contributed by atoms with van der Waals surface area (Å²) in [6.07, 6.45) is 7.29. The number of hydrogen-bond donors (Lipinski definition) is 3. The smallest absolute Gasteiger partial charge is 0.134 e. The van der Waals surface area contributed by atoms with Crippen LogP contribution in [0.1, 0.15) is 44.6 Å². The molecule has 19 heavy (non-hydrogen) atoms. The third-order valence-electron chi connectivity index (χ3n) is 3.72. The Morgan fingerprint density at radius 1 is 1.21 bits per heavy atom. The van der Waals surface area contributed by atoms with Gasteiger partial charge in [0.2, 0.25) is 0 Å². The van der Waals surface area contributed by atoms with Gasteiger partial charge < -0.3 is 15.7 Å². The maximum atomic E-state index is 9.55. The normalized spacial score (nSPS) is 23.1. The first-order valence-corrected chi connectivity index (χ1v) is 7.20. The molecule has 0 radical (unpaired) electrons. The molecule has 1 aliphatic carbocycles. The Bertz CT molecular complexity index is 402. The lowest BCUT2D eigenvalue weighted by molar-refractivity contribution is 0.126. The van der Waals surface area contributed by atoms with Crippen molar-refractivity contribution in [2.45, 2.75) is 57.6 Å². The van der Waals surface area contributed by atoms with E-state index in [-0.39, 0.29) is 6.10 Å². The number of aromatic nitrogens is 2. The van der Waals surface area contributed by atoms with E-state index in [1.54, 1.807) is 6.33 Å². The Morgan fingerprint density at radius 2 is 1.89 bits per heavy atom. The maximum Gasteiger partial charge on any atom is 0.134 e. The van der Waals surface area contributed by atoms with Gasteiger partial charge in [0.1, 0.15) is 18.0 Å². The highest BCUT2D eigenvalue weighted by molar-refractivity contribution is 5.57. The molecule has 0 aromatic carbocycles. The van der Waals surface area contributed by atoms with Gasteiger partial charge in [0.25, 0.3) is 0 Å². The van der Waals surface area contributed by atoms with Gasteiger partial charge in [-0.1, -0.05) is 13.3 Å². The van der Waals surface area contributed by atoms with Gasteiger partial charge in [0.05, 0.1) is 6.10 Å². The molecule has 1 aromatic rings. The largest absolute Gasteiger partial charge is 0.393 e. The molecule has 1 saturated carbocycles. The third-order valence-corrected chi connectivity index (χ3v) is 3.72. The minimum Gasteiger partial charge on any atom is -0.393 e. The monoisotopic (exact) mass is 264 g/mol. The first-order valence-electron chi connectivity index (χ1n) is 7.20. The lowest BCUT2D eigenvalue weighted by Crippen LogP contribution is -2.29. The second-order valence-corrected chi connectivity index (χ2v) is 5.20. The lowest BCUT2D eigenvalue weighted by atomic mass is 9.93. The fourth-order valence-corrected chi connectivity index (χ4v) is 2.65. The van der Waals surface area contributed by atoms with E-state index in [0.717, 1.165) is 50.2 Å². The zero-order valence-corrected chi connectivity index (χ0v) is 11.8. The molecule has 2 rings (SSSR count). The van der Waals surface area contributed by atoms with Crippen LogP contribution in [0.3, 0.4) is 0 Å². The van der Waals surface area contributed by atoms with Crippen molar-refractivity contribution in [1.29, 1.82) is 0 Å². The fraction of sp³-hybridized carbons (Fsp3) is 0.714. The van der Waals surface area contributed by atoms with E-state index in [1.165, 1.54) is 5.56 Å². The van der Waals surface area contributed by atoms with E-state index < -0.39 is 0 Å². The van der Waals surface area contributed by atoms with Gasteiger partial charge in [-0.2, -0.15) is 0 Å². The first kappa shape index (κ1) is 14.1. The van der Waals surface area contributed by atoms with Gasteiger partial charge in [-0.25, -0.2) is 9.97 Å². The Labute approximate surface area is 114 Å². The van der Waals surface area contributed by atoms with Gasteiger partial charge >= 0.3 is 0 Å². The molecule has 0 amide bonds. The van der Waals surface area contributed by atoms with E-state index >= 15 is 0 Å². The number of hydrogen-bond acceptors (Lipinski definition) is 5. The molecule has 5 heteroatoms. The Morgan fingerprint density at radius 3 is 2.53 bits per heavy atom. The van der Waals surface area contributed by atoms with Crippen molar-refractivity contribution in [3.63, 3.8) is 0 Å². The summed E-state index contributed by atoms with van der Waals surface area (Å²) in [4.78, 5) is 8.67. The second kappa shape index (κ2) is 6.70. The minimum atomic E-state index is -0.119. The number of rotatable bonds is 5. The minimum absolute atomic E-state index is 0.119. The van der Waals surface area contributed by atoms with Crippen LogP contribution in [-0.2, 0) is 6.42 Å². The quantitative estimate of drug-likeness (QED) is 0.760. The van der Waals surface area contributed by atoms with Crippen LogP contribution >= 0.6 is 0 Å². The van der Waals surface area contributed by atoms with Crippen LogP contribution in [0.5, 0.6) is 0 Å². The number of anilines is 2. The highest BCUT2D eigenvalue weighted by Crippen LogP contribution is 2.26. The van der Waals surface area contributed by atoms with Gasteiger partial charge in [0, 0.05) is 18.7 Å². The van der Waals surface area contributed by atoms with Gasteiger partial charge in [-0.05, 0) is 32.1 Å². The van der Waals surface area contributed by atoms with Crippen molar-refractivity contribution in [3.05, 3.63) is 11.9 Å². The first-order chi connectivity index (χ1) is 9.24. The highest BCUT2D eigenvalue weighted by atomic mass is 16.3. The molecule has 106 valence electrons. The predicted octanol–water partition coefficient (Wildman–Crippen LogP) is 2.19. The number of aliphatic hydroxyl groups is 1. The second-order valence-electron chi connectivity index (χ2n) is 5.20. The summed E-state index contributed by atoms with van der Waals surface area (Å²) in [6.45, 7) is 2.16. The van der Waals surface area contributed by atoms with Crippen LogP contribution in [-0.4, -0.2) is 34.3 Å². The summed E-state index contributed by atoms with van der Waals surface area (Å²) in [6, 6.07) is 0.415. The molecule has 1 aromatic heterocycles. The molecule has 0 atom stereocenters. The predicted molar refractivity (Wildman–Crippen MR) is 77.5 cm³/mol. The summed E-state index contributed by atoms with van der Waals surface area (Å²) in [7, 11) is 1.89. The molecular formula is C14H24N4O. The average molecular weight is 264 g/mol. The SMILES string of the molecule is CCCc1c(NC)ncnc1NC1CCC(O)CC1. The van der Waals surface area contributed by atoms with Gasteiger partial charge in [-0.3, -0.25) is 0 Å². The van der Waals surface area contributed by atoms with Crippen molar-refractivity contribution in [2.24, 2.45) is 0 Å². The van der Waals surface area contributed by atoms with Crippen LogP contribution in [0.15, 0.2) is 6.33 Å². The molecule has 1 heterocycles. The molecule has 0 bridgehead atoms. The Balaban J connectivity index is 2.10. The van der Waals surface area contributed by atoms with E-state index in [9.17, 15) is 5.11 Å². The van der Waals surface area contributed by atoms with Crippen molar-refractivity contribution >= 4 is 11.6 Å². The fourth-order valence-electron chi connectivity index (χ4n) is 2.65. The standard InChI is InChI=1S/C14H24N4O/c1-3-4-12-13(15-2)16-9-17-14(12)18-10-5-7-11(19)8-6-10/h9-11,19H,3-8H2,1-2H3,(H2,15,16,17,18). The summed E-state index contributed by atoms with van der Waals surface area (Å²) in [5.41, 5.74) is 1.17. The molecule has 0 saturated heterocycles. The number of aliphatic hydroxyl groups excluding tert-OH is 1. The molecule has 5 nitrogen and oxygen atoms in total. The zero-order chi connectivity index (χ0) is 13.7. The van der Waals surface area contributed by atoms with Crippen LogP contribution < -0.4 is 10.6 Å². The topological polar surface area (TPSA) is 70.1 Å². The van der Waals surface area contributed by atoms with E-state index in [0.29, 0.717) is 6.04 Å².